The van der Waals surface area contributed by atoms with Gasteiger partial charge in [0.2, 0.25) is 5.91 Å². The van der Waals surface area contributed by atoms with E-state index >= 15 is 0 Å². The molecule has 0 bridgehead atoms. The Hall–Kier alpha value is -2.86. The van der Waals surface area contributed by atoms with Crippen molar-refractivity contribution in [2.75, 3.05) is 0 Å². The molecular formula is C18H20N2O4. The van der Waals surface area contributed by atoms with Crippen LogP contribution in [-0.2, 0) is 16.1 Å². The van der Waals surface area contributed by atoms with Crippen LogP contribution in [0.4, 0.5) is 0 Å². The molecule has 0 fully saturated rings. The first-order chi connectivity index (χ1) is 11.5. The Morgan fingerprint density at radius 3 is 2.25 bits per heavy atom. The van der Waals surface area contributed by atoms with Crippen molar-refractivity contribution in [3.05, 3.63) is 60.2 Å². The van der Waals surface area contributed by atoms with Crippen LogP contribution in [0.3, 0.4) is 0 Å². The highest BCUT2D eigenvalue weighted by molar-refractivity contribution is 5.80. The summed E-state index contributed by atoms with van der Waals surface area (Å²) in [5.74, 6) is -0.0427. The molecule has 1 amide bonds. The molecular weight excluding hydrogens is 308 g/mol. The number of primary amides is 1. The number of amides is 1. The minimum absolute atomic E-state index is 0.107. The number of para-hydroxylation sites is 1. The van der Waals surface area contributed by atoms with Gasteiger partial charge in [-0.2, -0.15) is 0 Å². The third-order valence-corrected chi connectivity index (χ3v) is 3.45. The number of benzene rings is 2. The lowest BCUT2D eigenvalue weighted by Crippen LogP contribution is -2.41. The minimum Gasteiger partial charge on any atom is -0.481 e. The summed E-state index contributed by atoms with van der Waals surface area (Å²) >= 11 is 0. The van der Waals surface area contributed by atoms with Crippen LogP contribution in [0.5, 0.6) is 11.5 Å². The molecule has 0 heterocycles. The number of nitrogens with one attached hydrogen (secondary N) is 1. The number of aliphatic carboxylic acids is 1. The van der Waals surface area contributed by atoms with E-state index in [1.807, 2.05) is 54.6 Å². The summed E-state index contributed by atoms with van der Waals surface area (Å²) in [5.41, 5.74) is 6.22. The summed E-state index contributed by atoms with van der Waals surface area (Å²) in [6, 6.07) is 16.2. The molecule has 0 aromatic heterocycles. The van der Waals surface area contributed by atoms with Crippen molar-refractivity contribution in [2.45, 2.75) is 25.4 Å². The molecule has 2 aromatic rings. The molecule has 4 N–H and O–H groups in total. The highest BCUT2D eigenvalue weighted by Gasteiger charge is 2.15. The van der Waals surface area contributed by atoms with E-state index in [2.05, 4.69) is 5.32 Å². The Kier molecular flexibility index (Phi) is 6.33. The summed E-state index contributed by atoms with van der Waals surface area (Å²) < 4.78 is 5.70. The van der Waals surface area contributed by atoms with Crippen molar-refractivity contribution in [2.24, 2.45) is 5.73 Å². The molecule has 0 aliphatic heterocycles. The van der Waals surface area contributed by atoms with E-state index < -0.39 is 17.9 Å². The molecule has 0 spiro atoms. The third-order valence-electron chi connectivity index (χ3n) is 3.45. The smallest absolute Gasteiger partial charge is 0.303 e. The molecule has 1 atom stereocenters. The third kappa shape index (κ3) is 5.73. The number of carboxylic acids is 1. The largest absolute Gasteiger partial charge is 0.481 e. The number of carbonyl (C=O) groups excluding carboxylic acids is 1. The lowest BCUT2D eigenvalue weighted by Gasteiger charge is -2.14. The second kappa shape index (κ2) is 8.69. The average Bonchev–Trinajstić information content (AvgIpc) is 2.56. The van der Waals surface area contributed by atoms with E-state index in [4.69, 9.17) is 15.6 Å². The summed E-state index contributed by atoms with van der Waals surface area (Å²) in [5, 5.41) is 11.7. The molecule has 0 aliphatic rings. The maximum Gasteiger partial charge on any atom is 0.303 e. The van der Waals surface area contributed by atoms with Crippen molar-refractivity contribution < 1.29 is 19.4 Å². The maximum absolute atomic E-state index is 11.3. The fourth-order valence-electron chi connectivity index (χ4n) is 2.15. The van der Waals surface area contributed by atoms with Crippen LogP contribution < -0.4 is 15.8 Å². The number of carboxylic acid groups (broad SMARTS) is 1. The van der Waals surface area contributed by atoms with E-state index in [-0.39, 0.29) is 12.8 Å². The predicted molar refractivity (Wildman–Crippen MR) is 89.6 cm³/mol. The Morgan fingerprint density at radius 2 is 1.67 bits per heavy atom. The minimum atomic E-state index is -0.953. The zero-order valence-electron chi connectivity index (χ0n) is 13.1. The van der Waals surface area contributed by atoms with Gasteiger partial charge in [0.05, 0.1) is 6.04 Å². The Bertz CT molecular complexity index is 671. The van der Waals surface area contributed by atoms with Gasteiger partial charge in [0.25, 0.3) is 0 Å². The van der Waals surface area contributed by atoms with Gasteiger partial charge >= 0.3 is 5.97 Å². The standard InChI is InChI=1S/C18H20N2O4/c19-18(23)16(10-11-17(21)22)20-12-13-6-8-15(9-7-13)24-14-4-2-1-3-5-14/h1-9,16,20H,10-12H2,(H2,19,23)(H,21,22)/t16-/m0/s1. The quantitative estimate of drug-likeness (QED) is 0.655. The second-order valence-electron chi connectivity index (χ2n) is 5.33. The number of ether oxygens (including phenoxy) is 1. The molecule has 0 aliphatic carbocycles. The van der Waals surface area contributed by atoms with Gasteiger partial charge in [-0.15, -0.1) is 0 Å². The lowest BCUT2D eigenvalue weighted by molar-refractivity contribution is -0.137. The Labute approximate surface area is 140 Å². The van der Waals surface area contributed by atoms with E-state index in [1.54, 1.807) is 0 Å². The summed E-state index contributed by atoms with van der Waals surface area (Å²) in [6.45, 7) is 0.416. The number of rotatable bonds is 9. The van der Waals surface area contributed by atoms with Gasteiger partial charge in [-0.05, 0) is 36.2 Å². The fraction of sp³-hybridized carbons (Fsp3) is 0.222. The predicted octanol–water partition coefficient (Wildman–Crippen LogP) is 2.29. The Balaban J connectivity index is 1.88. The first-order valence-corrected chi connectivity index (χ1v) is 7.61. The summed E-state index contributed by atoms with van der Waals surface area (Å²) in [7, 11) is 0. The van der Waals surface area contributed by atoms with E-state index in [0.717, 1.165) is 11.3 Å². The van der Waals surface area contributed by atoms with Crippen molar-refractivity contribution in [3.63, 3.8) is 0 Å². The molecule has 6 heteroatoms. The van der Waals surface area contributed by atoms with Crippen LogP contribution in [0.15, 0.2) is 54.6 Å². The lowest BCUT2D eigenvalue weighted by atomic mass is 10.1. The molecule has 6 nitrogen and oxygen atoms in total. The van der Waals surface area contributed by atoms with Gasteiger partial charge in [0.15, 0.2) is 0 Å². The SMILES string of the molecule is NC(=O)[C@H](CCC(=O)O)NCc1ccc(Oc2ccccc2)cc1. The number of carbonyl (C=O) groups is 2. The molecule has 2 aromatic carbocycles. The van der Waals surface area contributed by atoms with Crippen LogP contribution in [-0.4, -0.2) is 23.0 Å². The molecule has 0 saturated heterocycles. The molecule has 0 radical (unpaired) electrons. The highest BCUT2D eigenvalue weighted by Crippen LogP contribution is 2.21. The number of hydrogen-bond acceptors (Lipinski definition) is 4. The van der Waals surface area contributed by atoms with Gasteiger partial charge < -0.3 is 20.9 Å². The van der Waals surface area contributed by atoms with Gasteiger partial charge in [-0.25, -0.2) is 0 Å². The van der Waals surface area contributed by atoms with Gasteiger partial charge in [-0.1, -0.05) is 30.3 Å². The van der Waals surface area contributed by atoms with Gasteiger partial charge in [-0.3, -0.25) is 9.59 Å². The molecule has 126 valence electrons. The molecule has 0 unspecified atom stereocenters. The topological polar surface area (TPSA) is 102 Å². The second-order valence-corrected chi connectivity index (χ2v) is 5.33. The average molecular weight is 328 g/mol. The van der Waals surface area contributed by atoms with Gasteiger partial charge in [0, 0.05) is 13.0 Å². The van der Waals surface area contributed by atoms with Crippen molar-refractivity contribution in [1.29, 1.82) is 0 Å². The first-order valence-electron chi connectivity index (χ1n) is 7.61. The van der Waals surface area contributed by atoms with Crippen molar-refractivity contribution in [1.82, 2.24) is 5.32 Å². The number of nitrogens with two attached hydrogens (primary N) is 1. The van der Waals surface area contributed by atoms with Crippen LogP contribution in [0.1, 0.15) is 18.4 Å². The number of hydrogen-bond donors (Lipinski definition) is 3. The van der Waals surface area contributed by atoms with Crippen molar-refractivity contribution >= 4 is 11.9 Å². The van der Waals surface area contributed by atoms with Crippen LogP contribution in [0.2, 0.25) is 0 Å². The summed E-state index contributed by atoms with van der Waals surface area (Å²) in [6.07, 6.45) is 0.0598. The maximum atomic E-state index is 11.3. The fourth-order valence-corrected chi connectivity index (χ4v) is 2.15. The monoisotopic (exact) mass is 328 g/mol. The zero-order chi connectivity index (χ0) is 17.4. The van der Waals surface area contributed by atoms with Crippen LogP contribution in [0, 0.1) is 0 Å². The summed E-state index contributed by atoms with van der Waals surface area (Å²) in [4.78, 5) is 21.9. The molecule has 2 rings (SSSR count). The van der Waals surface area contributed by atoms with Crippen LogP contribution >= 0.6 is 0 Å². The van der Waals surface area contributed by atoms with Gasteiger partial charge in [0.1, 0.15) is 11.5 Å². The zero-order valence-corrected chi connectivity index (χ0v) is 13.1. The van der Waals surface area contributed by atoms with E-state index in [1.165, 1.54) is 0 Å². The van der Waals surface area contributed by atoms with Crippen molar-refractivity contribution in [3.8, 4) is 11.5 Å². The Morgan fingerprint density at radius 1 is 1.04 bits per heavy atom. The van der Waals surface area contributed by atoms with E-state index in [9.17, 15) is 9.59 Å². The molecule has 24 heavy (non-hydrogen) atoms. The molecule has 0 saturated carbocycles. The van der Waals surface area contributed by atoms with Crippen LogP contribution in [0.25, 0.3) is 0 Å². The highest BCUT2D eigenvalue weighted by atomic mass is 16.5. The first kappa shape index (κ1) is 17.5. The normalized spacial score (nSPS) is 11.7. The van der Waals surface area contributed by atoms with E-state index in [0.29, 0.717) is 12.3 Å².